The van der Waals surface area contributed by atoms with Crippen molar-refractivity contribution >= 4 is 40.2 Å². The second-order valence-corrected chi connectivity index (χ2v) is 9.65. The van der Waals surface area contributed by atoms with Gasteiger partial charge < -0.3 is 9.80 Å². The van der Waals surface area contributed by atoms with Crippen LogP contribution in [0, 0.1) is 0 Å². The van der Waals surface area contributed by atoms with Gasteiger partial charge in [-0.1, -0.05) is 48.5 Å². The average molecular weight is 485 g/mol. The molecule has 3 aromatic rings. The van der Waals surface area contributed by atoms with Crippen LogP contribution in [0.5, 0.6) is 0 Å². The van der Waals surface area contributed by atoms with Crippen LogP contribution in [-0.2, 0) is 4.79 Å². The summed E-state index contributed by atoms with van der Waals surface area (Å²) in [5, 5.41) is 1.79. The van der Waals surface area contributed by atoms with Crippen LogP contribution in [-0.4, -0.2) is 63.7 Å². The van der Waals surface area contributed by atoms with Gasteiger partial charge in [-0.15, -0.1) is 0 Å². The third-order valence-corrected chi connectivity index (χ3v) is 7.26. The van der Waals surface area contributed by atoms with Crippen molar-refractivity contribution in [2.75, 3.05) is 38.5 Å². The van der Waals surface area contributed by atoms with Crippen molar-refractivity contribution in [1.82, 2.24) is 19.4 Å². The minimum absolute atomic E-state index is 0.105. The van der Waals surface area contributed by atoms with Gasteiger partial charge in [0.05, 0.1) is 16.6 Å². The number of thioether (sulfide) groups is 1. The van der Waals surface area contributed by atoms with Gasteiger partial charge in [0.1, 0.15) is 0 Å². The minimum atomic E-state index is -0.105. The molecule has 6 nitrogen and oxygen atoms in total. The molecule has 1 fully saturated rings. The number of amides is 1. The lowest BCUT2D eigenvalue weighted by molar-refractivity contribution is -0.133. The number of likely N-dealkylation sites (N-methyl/N-ethyl adjacent to an activating group) is 1. The predicted octanol–water partition coefficient (Wildman–Crippen LogP) is 4.47. The van der Waals surface area contributed by atoms with Crippen LogP contribution in [0.15, 0.2) is 58.5 Å². The quantitative estimate of drug-likeness (QED) is 0.268. The molecule has 1 aliphatic heterocycles. The van der Waals surface area contributed by atoms with Gasteiger partial charge in [-0.3, -0.25) is 14.2 Å². The summed E-state index contributed by atoms with van der Waals surface area (Å²) in [6.07, 6.45) is 2.28. The number of unbranched alkanes of at least 4 members (excludes halogenated alkanes) is 1. The number of fused-ring (bicyclic) bond motifs is 1. The van der Waals surface area contributed by atoms with Crippen molar-refractivity contribution in [3.63, 3.8) is 0 Å². The Morgan fingerprint density at radius 2 is 1.85 bits per heavy atom. The van der Waals surface area contributed by atoms with E-state index in [2.05, 4.69) is 11.8 Å². The minimum Gasteiger partial charge on any atom is -0.340 e. The van der Waals surface area contributed by atoms with Crippen LogP contribution in [0.25, 0.3) is 16.6 Å². The smallest absolute Gasteiger partial charge is 0.266 e. The molecule has 4 rings (SSSR count). The zero-order valence-corrected chi connectivity index (χ0v) is 20.4. The molecule has 1 aromatic heterocycles. The van der Waals surface area contributed by atoms with E-state index in [-0.39, 0.29) is 11.5 Å². The third kappa shape index (κ3) is 5.78. The summed E-state index contributed by atoms with van der Waals surface area (Å²) >= 11 is 7.74. The molecule has 1 amide bonds. The standard InChI is InChI=1S/C25H29ClN4O2S/c1-2-28-13-15-29(16-14-28)23(31)12-5-6-17-33-25-27-22-11-4-3-10-21(22)24(32)30(25)20-9-7-8-19(26)18-20/h3-4,7-11,18H,2,5-6,12-17H2,1H3. The average Bonchev–Trinajstić information content (AvgIpc) is 2.84. The van der Waals surface area contributed by atoms with Crippen LogP contribution in [0.3, 0.4) is 0 Å². The van der Waals surface area contributed by atoms with E-state index in [1.165, 1.54) is 0 Å². The number of piperazine rings is 1. The van der Waals surface area contributed by atoms with E-state index in [4.69, 9.17) is 16.6 Å². The fourth-order valence-corrected chi connectivity index (χ4v) is 5.26. The van der Waals surface area contributed by atoms with E-state index in [0.717, 1.165) is 51.3 Å². The van der Waals surface area contributed by atoms with Crippen molar-refractivity contribution in [1.29, 1.82) is 0 Å². The number of halogens is 1. The number of carbonyl (C=O) groups excluding carboxylic acids is 1. The molecule has 33 heavy (non-hydrogen) atoms. The van der Waals surface area contributed by atoms with Gasteiger partial charge in [-0.2, -0.15) is 0 Å². The molecule has 8 heteroatoms. The normalized spacial score (nSPS) is 14.7. The van der Waals surface area contributed by atoms with Gasteiger partial charge >= 0.3 is 0 Å². The Kier molecular flexibility index (Phi) is 8.06. The highest BCUT2D eigenvalue weighted by molar-refractivity contribution is 7.99. The monoisotopic (exact) mass is 484 g/mol. The maximum absolute atomic E-state index is 13.3. The van der Waals surface area contributed by atoms with Gasteiger partial charge in [0.15, 0.2) is 5.16 Å². The van der Waals surface area contributed by atoms with Crippen LogP contribution in [0.1, 0.15) is 26.2 Å². The van der Waals surface area contributed by atoms with E-state index in [1.54, 1.807) is 34.5 Å². The molecule has 0 N–H and O–H groups in total. The first-order valence-corrected chi connectivity index (χ1v) is 12.8. The lowest BCUT2D eigenvalue weighted by Gasteiger charge is -2.34. The van der Waals surface area contributed by atoms with Crippen molar-refractivity contribution in [3.8, 4) is 5.69 Å². The first-order valence-electron chi connectivity index (χ1n) is 11.5. The number of rotatable bonds is 8. The Morgan fingerprint density at radius 3 is 2.61 bits per heavy atom. The zero-order chi connectivity index (χ0) is 23.2. The van der Waals surface area contributed by atoms with Crippen LogP contribution < -0.4 is 5.56 Å². The molecule has 1 saturated heterocycles. The number of benzene rings is 2. The molecule has 0 aliphatic carbocycles. The number of hydrogen-bond donors (Lipinski definition) is 0. The second-order valence-electron chi connectivity index (χ2n) is 8.15. The fourth-order valence-electron chi connectivity index (χ4n) is 4.07. The topological polar surface area (TPSA) is 58.4 Å². The van der Waals surface area contributed by atoms with E-state index in [9.17, 15) is 9.59 Å². The summed E-state index contributed by atoms with van der Waals surface area (Å²) in [5.74, 6) is 1.03. The lowest BCUT2D eigenvalue weighted by Crippen LogP contribution is -2.48. The first kappa shape index (κ1) is 23.8. The second kappa shape index (κ2) is 11.2. The highest BCUT2D eigenvalue weighted by atomic mass is 35.5. The highest BCUT2D eigenvalue weighted by Gasteiger charge is 2.19. The molecule has 0 atom stereocenters. The Hall–Kier alpha value is -2.35. The summed E-state index contributed by atoms with van der Waals surface area (Å²) in [7, 11) is 0. The summed E-state index contributed by atoms with van der Waals surface area (Å²) in [5.41, 5.74) is 1.28. The van der Waals surface area contributed by atoms with E-state index >= 15 is 0 Å². The van der Waals surface area contributed by atoms with Crippen molar-refractivity contribution in [2.45, 2.75) is 31.3 Å². The Bertz CT molecular complexity index is 1170. The largest absolute Gasteiger partial charge is 0.340 e. The first-order chi connectivity index (χ1) is 16.1. The zero-order valence-electron chi connectivity index (χ0n) is 18.9. The third-order valence-electron chi connectivity index (χ3n) is 6.00. The molecule has 2 aromatic carbocycles. The molecule has 0 saturated carbocycles. The summed E-state index contributed by atoms with van der Waals surface area (Å²) in [4.78, 5) is 34.9. The summed E-state index contributed by atoms with van der Waals surface area (Å²) < 4.78 is 1.64. The van der Waals surface area contributed by atoms with E-state index in [1.807, 2.05) is 35.2 Å². The maximum atomic E-state index is 13.3. The molecule has 0 radical (unpaired) electrons. The summed E-state index contributed by atoms with van der Waals surface area (Å²) in [6, 6.07) is 14.7. The number of para-hydroxylation sites is 1. The number of nitrogens with zero attached hydrogens (tertiary/aromatic N) is 4. The van der Waals surface area contributed by atoms with Crippen LogP contribution >= 0.6 is 23.4 Å². The number of aromatic nitrogens is 2. The van der Waals surface area contributed by atoms with Gasteiger partial charge in [-0.25, -0.2) is 4.98 Å². The molecule has 2 heterocycles. The SMILES string of the molecule is CCN1CCN(C(=O)CCCCSc2nc3ccccc3c(=O)n2-c2cccc(Cl)c2)CC1. The van der Waals surface area contributed by atoms with Gasteiger partial charge in [-0.05, 0) is 49.7 Å². The Labute approximate surface area is 203 Å². The Morgan fingerprint density at radius 1 is 1.06 bits per heavy atom. The van der Waals surface area contributed by atoms with Crippen molar-refractivity contribution in [2.24, 2.45) is 0 Å². The van der Waals surface area contributed by atoms with Gasteiger partial charge in [0.2, 0.25) is 5.91 Å². The molecular weight excluding hydrogens is 456 g/mol. The highest BCUT2D eigenvalue weighted by Crippen LogP contribution is 2.24. The van der Waals surface area contributed by atoms with Crippen molar-refractivity contribution in [3.05, 3.63) is 63.9 Å². The van der Waals surface area contributed by atoms with E-state index < -0.39 is 0 Å². The Balaban J connectivity index is 1.41. The number of carbonyl (C=O) groups is 1. The molecule has 174 valence electrons. The fraction of sp³-hybridized carbons (Fsp3) is 0.400. The number of hydrogen-bond acceptors (Lipinski definition) is 5. The maximum Gasteiger partial charge on any atom is 0.266 e. The molecule has 0 bridgehead atoms. The molecular formula is C25H29ClN4O2S. The van der Waals surface area contributed by atoms with Gasteiger partial charge in [0.25, 0.3) is 5.56 Å². The molecule has 0 spiro atoms. The lowest BCUT2D eigenvalue weighted by atomic mass is 10.2. The van der Waals surface area contributed by atoms with Crippen LogP contribution in [0.2, 0.25) is 5.02 Å². The predicted molar refractivity (Wildman–Crippen MR) is 136 cm³/mol. The summed E-state index contributed by atoms with van der Waals surface area (Å²) in [6.45, 7) is 6.79. The molecule has 1 aliphatic rings. The molecule has 0 unspecified atom stereocenters. The van der Waals surface area contributed by atoms with Gasteiger partial charge in [0, 0.05) is 43.4 Å². The van der Waals surface area contributed by atoms with E-state index in [0.29, 0.717) is 33.2 Å². The van der Waals surface area contributed by atoms with Crippen LogP contribution in [0.4, 0.5) is 0 Å². The van der Waals surface area contributed by atoms with Crippen molar-refractivity contribution < 1.29 is 4.79 Å².